The van der Waals surface area contributed by atoms with Gasteiger partial charge in [0.2, 0.25) is 10.0 Å². The average molecular weight is 486 g/mol. The molecule has 0 atom stereocenters. The van der Waals surface area contributed by atoms with Crippen molar-refractivity contribution in [2.24, 2.45) is 16.8 Å². The van der Waals surface area contributed by atoms with Gasteiger partial charge in [-0.2, -0.15) is 9.30 Å². The van der Waals surface area contributed by atoms with Crippen LogP contribution >= 0.6 is 11.3 Å². The number of amides is 1. The Morgan fingerprint density at radius 1 is 1.06 bits per heavy atom. The largest absolute Gasteiger partial charge is 0.312 e. The summed E-state index contributed by atoms with van der Waals surface area (Å²) >= 11 is 1.43. The number of rotatable bonds is 9. The van der Waals surface area contributed by atoms with Gasteiger partial charge in [-0.15, -0.1) is 6.58 Å². The molecule has 0 bridgehead atoms. The molecule has 2 aromatic carbocycles. The molecule has 0 aliphatic carbocycles. The Labute approximate surface area is 200 Å². The van der Waals surface area contributed by atoms with Crippen LogP contribution in [0.3, 0.4) is 0 Å². The summed E-state index contributed by atoms with van der Waals surface area (Å²) in [6.45, 7) is 13.2. The molecule has 8 heteroatoms. The molecule has 0 saturated heterocycles. The molecular weight excluding hydrogens is 454 g/mol. The summed E-state index contributed by atoms with van der Waals surface area (Å²) in [7, 11) is -3.65. The smallest absolute Gasteiger partial charge is 0.279 e. The highest BCUT2D eigenvalue weighted by atomic mass is 32.2. The van der Waals surface area contributed by atoms with Gasteiger partial charge < -0.3 is 4.57 Å². The zero-order chi connectivity index (χ0) is 24.2. The molecule has 1 amide bonds. The second-order valence-corrected chi connectivity index (χ2v) is 11.7. The first-order chi connectivity index (χ1) is 15.6. The van der Waals surface area contributed by atoms with Crippen LogP contribution in [0.1, 0.15) is 38.1 Å². The van der Waals surface area contributed by atoms with Crippen LogP contribution in [0.5, 0.6) is 0 Å². The van der Waals surface area contributed by atoms with Crippen molar-refractivity contribution in [2.75, 3.05) is 13.1 Å². The molecule has 3 rings (SSSR count). The van der Waals surface area contributed by atoms with E-state index >= 15 is 0 Å². The molecule has 176 valence electrons. The highest BCUT2D eigenvalue weighted by Crippen LogP contribution is 2.20. The summed E-state index contributed by atoms with van der Waals surface area (Å²) in [6.07, 6.45) is 1.77. The first-order valence-electron chi connectivity index (χ1n) is 11.0. The van der Waals surface area contributed by atoms with Crippen LogP contribution in [-0.2, 0) is 16.6 Å². The van der Waals surface area contributed by atoms with E-state index in [4.69, 9.17) is 0 Å². The van der Waals surface area contributed by atoms with Crippen molar-refractivity contribution >= 4 is 37.5 Å². The second-order valence-electron chi connectivity index (χ2n) is 8.80. The lowest BCUT2D eigenvalue weighted by molar-refractivity contribution is 0.0997. The molecule has 3 aromatic rings. The summed E-state index contributed by atoms with van der Waals surface area (Å²) in [5.74, 6) is 0.00743. The lowest BCUT2D eigenvalue weighted by Crippen LogP contribution is -2.37. The predicted octanol–water partition coefficient (Wildman–Crippen LogP) is 4.93. The number of allylic oxidation sites excluding steroid dienone is 1. The number of sulfonamides is 1. The van der Waals surface area contributed by atoms with E-state index in [1.165, 1.54) is 39.9 Å². The molecule has 0 saturated carbocycles. The molecular formula is C25H31N3O3S2. The topological polar surface area (TPSA) is 71.7 Å². The average Bonchev–Trinajstić information content (AvgIpc) is 3.10. The fourth-order valence-corrected chi connectivity index (χ4v) is 6.37. The van der Waals surface area contributed by atoms with Crippen LogP contribution in [-0.4, -0.2) is 36.3 Å². The summed E-state index contributed by atoms with van der Waals surface area (Å²) < 4.78 is 30.9. The fraction of sp³-hybridized carbons (Fsp3) is 0.360. The van der Waals surface area contributed by atoms with E-state index in [1.54, 1.807) is 6.08 Å². The summed E-state index contributed by atoms with van der Waals surface area (Å²) in [6, 6.07) is 13.9. The van der Waals surface area contributed by atoms with Crippen molar-refractivity contribution in [3.63, 3.8) is 0 Å². The summed E-state index contributed by atoms with van der Waals surface area (Å²) in [5, 5.41) is 0. The molecule has 0 aliphatic rings. The molecule has 0 unspecified atom stereocenters. The highest BCUT2D eigenvalue weighted by molar-refractivity contribution is 7.89. The van der Waals surface area contributed by atoms with Gasteiger partial charge in [-0.25, -0.2) is 8.42 Å². The fourth-order valence-electron chi connectivity index (χ4n) is 3.57. The second kappa shape index (κ2) is 10.6. The minimum Gasteiger partial charge on any atom is -0.312 e. The Kier molecular flexibility index (Phi) is 8.05. The molecule has 0 aliphatic heterocycles. The molecule has 0 N–H and O–H groups in total. The van der Waals surface area contributed by atoms with Crippen LogP contribution in [0.15, 0.2) is 71.1 Å². The van der Waals surface area contributed by atoms with E-state index < -0.39 is 15.9 Å². The number of aromatic nitrogens is 1. The number of carbonyl (C=O) groups excluding carboxylic acids is 1. The molecule has 1 aromatic heterocycles. The maximum Gasteiger partial charge on any atom is 0.279 e. The molecule has 0 spiro atoms. The van der Waals surface area contributed by atoms with E-state index in [1.807, 2.05) is 56.5 Å². The van der Waals surface area contributed by atoms with Crippen molar-refractivity contribution < 1.29 is 13.2 Å². The van der Waals surface area contributed by atoms with Crippen molar-refractivity contribution in [3.05, 3.63) is 71.6 Å². The molecule has 6 nitrogen and oxygen atoms in total. The Hall–Kier alpha value is -2.55. The number of carbonyl (C=O) groups is 1. The van der Waals surface area contributed by atoms with Crippen molar-refractivity contribution in [1.82, 2.24) is 8.87 Å². The number of benzene rings is 2. The van der Waals surface area contributed by atoms with Gasteiger partial charge in [-0.05, 0) is 48.2 Å². The van der Waals surface area contributed by atoms with Gasteiger partial charge in [0.25, 0.3) is 5.91 Å². The Balaban J connectivity index is 1.93. The summed E-state index contributed by atoms with van der Waals surface area (Å²) in [4.78, 5) is 18.0. The van der Waals surface area contributed by atoms with Crippen molar-refractivity contribution in [2.45, 2.75) is 39.1 Å². The predicted molar refractivity (Wildman–Crippen MR) is 135 cm³/mol. The number of hydrogen-bond donors (Lipinski definition) is 0. The maximum atomic E-state index is 13.2. The van der Waals surface area contributed by atoms with Gasteiger partial charge >= 0.3 is 0 Å². The van der Waals surface area contributed by atoms with Crippen LogP contribution in [0, 0.1) is 11.8 Å². The first-order valence-corrected chi connectivity index (χ1v) is 13.3. The highest BCUT2D eigenvalue weighted by Gasteiger charge is 2.26. The van der Waals surface area contributed by atoms with E-state index in [0.717, 1.165) is 10.2 Å². The normalized spacial score (nSPS) is 12.9. The minimum atomic E-state index is -3.65. The number of fused-ring (bicyclic) bond motifs is 1. The summed E-state index contributed by atoms with van der Waals surface area (Å²) in [5.41, 5.74) is 1.33. The standard InChI is InChI=1S/C25H31N3O3S2/c1-6-15-28-22-9-7-8-10-23(22)32-25(28)26-24(29)20-11-13-21(14-12-20)33(30,31)27(16-18(2)3)17-19(4)5/h6-14,18-19H,1,15-17H2,2-5H3. The lowest BCUT2D eigenvalue weighted by Gasteiger charge is -2.25. The van der Waals surface area contributed by atoms with E-state index in [-0.39, 0.29) is 16.7 Å². The van der Waals surface area contributed by atoms with E-state index in [0.29, 0.717) is 30.0 Å². The quantitative estimate of drug-likeness (QED) is 0.403. The Bertz CT molecular complexity index is 1290. The number of nitrogens with zero attached hydrogens (tertiary/aromatic N) is 3. The minimum absolute atomic E-state index is 0.184. The van der Waals surface area contributed by atoms with Crippen LogP contribution in [0.4, 0.5) is 0 Å². The maximum absolute atomic E-state index is 13.2. The van der Waals surface area contributed by atoms with Gasteiger partial charge in [-0.3, -0.25) is 4.79 Å². The monoisotopic (exact) mass is 485 g/mol. The Morgan fingerprint density at radius 3 is 2.24 bits per heavy atom. The number of para-hydroxylation sites is 1. The third-order valence-electron chi connectivity index (χ3n) is 4.97. The van der Waals surface area contributed by atoms with Crippen molar-refractivity contribution in [3.8, 4) is 0 Å². The molecule has 0 radical (unpaired) electrons. The van der Waals surface area contributed by atoms with Gasteiger partial charge in [0.05, 0.1) is 15.1 Å². The van der Waals surface area contributed by atoms with E-state index in [9.17, 15) is 13.2 Å². The zero-order valence-corrected chi connectivity index (χ0v) is 21.2. The number of hydrogen-bond acceptors (Lipinski definition) is 4. The third-order valence-corrected chi connectivity index (χ3v) is 7.88. The Morgan fingerprint density at radius 2 is 1.67 bits per heavy atom. The number of thiazole rings is 1. The van der Waals surface area contributed by atoms with Gasteiger partial charge in [0, 0.05) is 25.2 Å². The van der Waals surface area contributed by atoms with Crippen LogP contribution in [0.2, 0.25) is 0 Å². The van der Waals surface area contributed by atoms with Gasteiger partial charge in [0.1, 0.15) is 0 Å². The first kappa shape index (κ1) is 25.1. The van der Waals surface area contributed by atoms with Crippen LogP contribution < -0.4 is 4.80 Å². The third kappa shape index (κ3) is 5.88. The van der Waals surface area contributed by atoms with Crippen molar-refractivity contribution in [1.29, 1.82) is 0 Å². The lowest BCUT2D eigenvalue weighted by atomic mass is 10.2. The van der Waals surface area contributed by atoms with Crippen LogP contribution in [0.25, 0.3) is 10.2 Å². The molecule has 1 heterocycles. The van der Waals surface area contributed by atoms with Gasteiger partial charge in [-0.1, -0.05) is 57.2 Å². The van der Waals surface area contributed by atoms with E-state index in [2.05, 4.69) is 11.6 Å². The SMILES string of the molecule is C=CCn1c(=NC(=O)c2ccc(S(=O)(=O)N(CC(C)C)CC(C)C)cc2)sc2ccccc21. The molecule has 33 heavy (non-hydrogen) atoms. The molecule has 0 fully saturated rings. The van der Waals surface area contributed by atoms with Gasteiger partial charge in [0.15, 0.2) is 4.80 Å². The zero-order valence-electron chi connectivity index (χ0n) is 19.6.